The SMILES string of the molecule is CCC(CC)N1C(=O)CC(NC2CCC(O)CC2)C1=O. The Balaban J connectivity index is 1.94. The van der Waals surface area contributed by atoms with Gasteiger partial charge in [-0.3, -0.25) is 14.5 Å². The number of rotatable bonds is 5. The van der Waals surface area contributed by atoms with Crippen LogP contribution in [0.5, 0.6) is 0 Å². The van der Waals surface area contributed by atoms with Gasteiger partial charge in [0.1, 0.15) is 0 Å². The van der Waals surface area contributed by atoms with E-state index in [1.165, 1.54) is 4.90 Å². The number of hydrogen-bond acceptors (Lipinski definition) is 4. The van der Waals surface area contributed by atoms with Gasteiger partial charge in [0.25, 0.3) is 0 Å². The Hall–Kier alpha value is -0.940. The van der Waals surface area contributed by atoms with Crippen LogP contribution in [0.15, 0.2) is 0 Å². The average Bonchev–Trinajstić information content (AvgIpc) is 2.71. The average molecular weight is 282 g/mol. The van der Waals surface area contributed by atoms with E-state index in [0.717, 1.165) is 38.5 Å². The van der Waals surface area contributed by atoms with Crippen molar-refractivity contribution < 1.29 is 14.7 Å². The predicted molar refractivity (Wildman–Crippen MR) is 76.0 cm³/mol. The Labute approximate surface area is 120 Å². The molecule has 0 aromatic carbocycles. The van der Waals surface area contributed by atoms with Gasteiger partial charge < -0.3 is 10.4 Å². The van der Waals surface area contributed by atoms with Crippen LogP contribution >= 0.6 is 0 Å². The van der Waals surface area contributed by atoms with E-state index in [4.69, 9.17) is 0 Å². The summed E-state index contributed by atoms with van der Waals surface area (Å²) in [5.41, 5.74) is 0. The second-order valence-electron chi connectivity index (χ2n) is 6.00. The van der Waals surface area contributed by atoms with Crippen molar-refractivity contribution in [1.82, 2.24) is 10.2 Å². The highest BCUT2D eigenvalue weighted by Gasteiger charge is 2.42. The molecule has 0 spiro atoms. The highest BCUT2D eigenvalue weighted by molar-refractivity contribution is 6.05. The Morgan fingerprint density at radius 1 is 1.20 bits per heavy atom. The predicted octanol–water partition coefficient (Wildman–Crippen LogP) is 1.20. The fraction of sp³-hybridized carbons (Fsp3) is 0.867. The molecule has 5 nitrogen and oxygen atoms in total. The standard InChI is InChI=1S/C15H26N2O3/c1-3-11(4-2)17-14(19)9-13(15(17)20)16-10-5-7-12(18)8-6-10/h10-13,16,18H,3-9H2,1-2H3. The van der Waals surface area contributed by atoms with Gasteiger partial charge in [-0.15, -0.1) is 0 Å². The van der Waals surface area contributed by atoms with Gasteiger partial charge in [0.05, 0.1) is 18.6 Å². The molecule has 0 bridgehead atoms. The molecule has 1 aliphatic heterocycles. The maximum absolute atomic E-state index is 12.4. The van der Waals surface area contributed by atoms with Crippen molar-refractivity contribution in [1.29, 1.82) is 0 Å². The summed E-state index contributed by atoms with van der Waals surface area (Å²) < 4.78 is 0. The molecule has 2 rings (SSSR count). The van der Waals surface area contributed by atoms with Gasteiger partial charge in [-0.2, -0.15) is 0 Å². The zero-order valence-corrected chi connectivity index (χ0v) is 12.5. The molecule has 0 aromatic heterocycles. The van der Waals surface area contributed by atoms with E-state index in [0.29, 0.717) is 0 Å². The van der Waals surface area contributed by atoms with Crippen LogP contribution in [0.3, 0.4) is 0 Å². The summed E-state index contributed by atoms with van der Waals surface area (Å²) in [6.45, 7) is 4.02. The first-order valence-electron chi connectivity index (χ1n) is 7.86. The summed E-state index contributed by atoms with van der Waals surface area (Å²) in [7, 11) is 0. The number of hydrogen-bond donors (Lipinski definition) is 2. The van der Waals surface area contributed by atoms with Crippen molar-refractivity contribution in [2.45, 2.75) is 83.0 Å². The number of carbonyl (C=O) groups excluding carboxylic acids is 2. The third-order valence-electron chi connectivity index (χ3n) is 4.62. The summed E-state index contributed by atoms with van der Waals surface area (Å²) in [6.07, 6.45) is 5.04. The molecule has 1 atom stereocenters. The van der Waals surface area contributed by atoms with Crippen LogP contribution in [0, 0.1) is 0 Å². The van der Waals surface area contributed by atoms with Crippen LogP contribution < -0.4 is 5.32 Å². The molecule has 2 N–H and O–H groups in total. The monoisotopic (exact) mass is 282 g/mol. The minimum Gasteiger partial charge on any atom is -0.393 e. The molecule has 1 heterocycles. The van der Waals surface area contributed by atoms with Gasteiger partial charge in [0.15, 0.2) is 0 Å². The molecule has 0 aromatic rings. The first kappa shape index (κ1) is 15.4. The van der Waals surface area contributed by atoms with Gasteiger partial charge >= 0.3 is 0 Å². The number of aliphatic hydroxyl groups is 1. The van der Waals surface area contributed by atoms with Crippen LogP contribution in [-0.4, -0.2) is 46.1 Å². The molecule has 2 aliphatic rings. The molecule has 1 unspecified atom stereocenters. The molecule has 0 radical (unpaired) electrons. The lowest BCUT2D eigenvalue weighted by atomic mass is 9.92. The van der Waals surface area contributed by atoms with Crippen molar-refractivity contribution in [3.05, 3.63) is 0 Å². The number of likely N-dealkylation sites (tertiary alicyclic amines) is 1. The molecular formula is C15H26N2O3. The lowest BCUT2D eigenvalue weighted by molar-refractivity contribution is -0.141. The molecule has 1 saturated carbocycles. The Bertz CT molecular complexity index is 360. The van der Waals surface area contributed by atoms with Gasteiger partial charge in [-0.05, 0) is 38.5 Å². The second-order valence-corrected chi connectivity index (χ2v) is 6.00. The lowest BCUT2D eigenvalue weighted by Crippen LogP contribution is -2.47. The van der Waals surface area contributed by atoms with Gasteiger partial charge in [0, 0.05) is 12.1 Å². The zero-order valence-electron chi connectivity index (χ0n) is 12.5. The van der Waals surface area contributed by atoms with Gasteiger partial charge in [0.2, 0.25) is 11.8 Å². The van der Waals surface area contributed by atoms with Crippen molar-refractivity contribution in [2.75, 3.05) is 0 Å². The summed E-state index contributed by atoms with van der Waals surface area (Å²) in [6, 6.07) is -0.0693. The van der Waals surface area contributed by atoms with E-state index < -0.39 is 0 Å². The van der Waals surface area contributed by atoms with Gasteiger partial charge in [-0.1, -0.05) is 13.8 Å². The Morgan fingerprint density at radius 2 is 1.80 bits per heavy atom. The fourth-order valence-corrected chi connectivity index (χ4v) is 3.35. The largest absolute Gasteiger partial charge is 0.393 e. The Morgan fingerprint density at radius 3 is 2.35 bits per heavy atom. The molecule has 5 heteroatoms. The van der Waals surface area contributed by atoms with Gasteiger partial charge in [-0.25, -0.2) is 0 Å². The van der Waals surface area contributed by atoms with Crippen LogP contribution in [0.25, 0.3) is 0 Å². The first-order valence-corrected chi connectivity index (χ1v) is 7.86. The van der Waals surface area contributed by atoms with Crippen molar-refractivity contribution in [2.24, 2.45) is 0 Å². The first-order chi connectivity index (χ1) is 9.56. The molecule has 1 saturated heterocycles. The topological polar surface area (TPSA) is 69.6 Å². The number of amides is 2. The van der Waals surface area contributed by atoms with Crippen molar-refractivity contribution in [3.63, 3.8) is 0 Å². The highest BCUT2D eigenvalue weighted by atomic mass is 16.3. The smallest absolute Gasteiger partial charge is 0.247 e. The van der Waals surface area contributed by atoms with Crippen LogP contribution in [0.1, 0.15) is 58.8 Å². The molecule has 2 amide bonds. The molecule has 20 heavy (non-hydrogen) atoms. The maximum Gasteiger partial charge on any atom is 0.247 e. The summed E-state index contributed by atoms with van der Waals surface area (Å²) >= 11 is 0. The number of imide groups is 1. The molecule has 114 valence electrons. The summed E-state index contributed by atoms with van der Waals surface area (Å²) in [5, 5.41) is 12.8. The van der Waals surface area contributed by atoms with E-state index in [9.17, 15) is 14.7 Å². The maximum atomic E-state index is 12.4. The third-order valence-corrected chi connectivity index (χ3v) is 4.62. The number of aliphatic hydroxyl groups excluding tert-OH is 1. The zero-order chi connectivity index (χ0) is 14.7. The fourth-order valence-electron chi connectivity index (χ4n) is 3.35. The summed E-state index contributed by atoms with van der Waals surface area (Å²) in [4.78, 5) is 25.9. The van der Waals surface area contributed by atoms with E-state index in [1.54, 1.807) is 0 Å². The number of nitrogens with zero attached hydrogens (tertiary/aromatic N) is 1. The number of carbonyl (C=O) groups is 2. The molecule has 1 aliphatic carbocycles. The van der Waals surface area contributed by atoms with Crippen LogP contribution in [0.2, 0.25) is 0 Å². The van der Waals surface area contributed by atoms with E-state index in [1.807, 2.05) is 13.8 Å². The second kappa shape index (κ2) is 6.68. The molecular weight excluding hydrogens is 256 g/mol. The molecule has 2 fully saturated rings. The van der Waals surface area contributed by atoms with Crippen LogP contribution in [0.4, 0.5) is 0 Å². The third kappa shape index (κ3) is 3.20. The normalized spacial score (nSPS) is 31.4. The quantitative estimate of drug-likeness (QED) is 0.743. The van der Waals surface area contributed by atoms with Crippen molar-refractivity contribution in [3.8, 4) is 0 Å². The minimum absolute atomic E-state index is 0.0370. The van der Waals surface area contributed by atoms with Crippen LogP contribution in [-0.2, 0) is 9.59 Å². The Kier molecular flexibility index (Phi) is 5.16. The summed E-state index contributed by atoms with van der Waals surface area (Å²) in [5.74, 6) is -0.105. The van der Waals surface area contributed by atoms with Crippen molar-refractivity contribution >= 4 is 11.8 Å². The van der Waals surface area contributed by atoms with E-state index in [-0.39, 0.29) is 42.5 Å². The minimum atomic E-state index is -0.358. The number of nitrogens with one attached hydrogen (secondary N) is 1. The van der Waals surface area contributed by atoms with E-state index in [2.05, 4.69) is 5.32 Å². The lowest BCUT2D eigenvalue weighted by Gasteiger charge is -2.29. The highest BCUT2D eigenvalue weighted by Crippen LogP contribution is 2.23. The van der Waals surface area contributed by atoms with E-state index >= 15 is 0 Å².